The van der Waals surface area contributed by atoms with E-state index in [1.165, 1.54) is 6.42 Å². The molecule has 0 saturated heterocycles. The first-order valence-corrected chi connectivity index (χ1v) is 7.30. The van der Waals surface area contributed by atoms with E-state index in [2.05, 4.69) is 24.3 Å². The van der Waals surface area contributed by atoms with Crippen molar-refractivity contribution >= 4 is 16.9 Å². The van der Waals surface area contributed by atoms with Crippen LogP contribution in [0.4, 0.5) is 0 Å². The van der Waals surface area contributed by atoms with Crippen LogP contribution in [-0.2, 0) is 6.54 Å². The Morgan fingerprint density at radius 2 is 2.19 bits per heavy atom. The van der Waals surface area contributed by atoms with Gasteiger partial charge >= 0.3 is 5.91 Å². The molecule has 2 aromatic rings. The smallest absolute Gasteiger partial charge is 0.301 e. The number of benzene rings is 1. The van der Waals surface area contributed by atoms with E-state index in [0.29, 0.717) is 12.3 Å². The lowest BCUT2D eigenvalue weighted by Crippen LogP contribution is -2.31. The van der Waals surface area contributed by atoms with Crippen LogP contribution >= 0.6 is 0 Å². The molecule has 1 aliphatic carbocycles. The summed E-state index contributed by atoms with van der Waals surface area (Å²) in [6, 6.07) is 7.70. The molecule has 21 heavy (non-hydrogen) atoms. The SMILES string of the molecule is CC1CC1CN(C)Cc1c(C(=O)NN)oc2ccccc12. The highest BCUT2D eigenvalue weighted by Crippen LogP contribution is 2.38. The topological polar surface area (TPSA) is 71.5 Å². The summed E-state index contributed by atoms with van der Waals surface area (Å²) >= 11 is 0. The van der Waals surface area contributed by atoms with Crippen molar-refractivity contribution < 1.29 is 9.21 Å². The number of hydrogen-bond donors (Lipinski definition) is 2. The Kier molecular flexibility index (Phi) is 3.69. The number of nitrogens with two attached hydrogens (primary N) is 1. The summed E-state index contributed by atoms with van der Waals surface area (Å²) in [5, 5.41) is 0.979. The standard InChI is InChI=1S/C16H21N3O2/c1-10-7-11(10)8-19(2)9-13-12-5-3-4-6-14(12)21-15(13)16(20)18-17/h3-6,10-11H,7-9,17H2,1-2H3,(H,18,20). The predicted molar refractivity (Wildman–Crippen MR) is 81.5 cm³/mol. The van der Waals surface area contributed by atoms with Crippen molar-refractivity contribution in [3.05, 3.63) is 35.6 Å². The summed E-state index contributed by atoms with van der Waals surface area (Å²) in [5.74, 6) is 6.79. The normalized spacial score (nSPS) is 21.0. The van der Waals surface area contributed by atoms with Crippen molar-refractivity contribution in [1.82, 2.24) is 10.3 Å². The van der Waals surface area contributed by atoms with Crippen LogP contribution in [0, 0.1) is 11.8 Å². The van der Waals surface area contributed by atoms with E-state index in [9.17, 15) is 4.79 Å². The fraction of sp³-hybridized carbons (Fsp3) is 0.438. The first-order chi connectivity index (χ1) is 10.1. The summed E-state index contributed by atoms with van der Waals surface area (Å²) in [6.45, 7) is 4.01. The van der Waals surface area contributed by atoms with Crippen molar-refractivity contribution in [2.75, 3.05) is 13.6 Å². The number of para-hydroxylation sites is 1. The average molecular weight is 287 g/mol. The van der Waals surface area contributed by atoms with Gasteiger partial charge in [-0.25, -0.2) is 5.84 Å². The zero-order valence-corrected chi connectivity index (χ0v) is 12.4. The summed E-state index contributed by atoms with van der Waals surface area (Å²) in [6.07, 6.45) is 1.30. The van der Waals surface area contributed by atoms with E-state index < -0.39 is 0 Å². The van der Waals surface area contributed by atoms with Crippen LogP contribution in [0.3, 0.4) is 0 Å². The van der Waals surface area contributed by atoms with Gasteiger partial charge in [-0.1, -0.05) is 25.1 Å². The fourth-order valence-corrected chi connectivity index (χ4v) is 2.89. The molecule has 3 rings (SSSR count). The predicted octanol–water partition coefficient (Wildman–Crippen LogP) is 2.12. The average Bonchev–Trinajstić information content (AvgIpc) is 3.04. The number of nitrogen functional groups attached to an aromatic ring is 1. The number of furan rings is 1. The molecule has 5 nitrogen and oxygen atoms in total. The van der Waals surface area contributed by atoms with Crippen molar-refractivity contribution in [1.29, 1.82) is 0 Å². The van der Waals surface area contributed by atoms with Crippen molar-refractivity contribution in [3.8, 4) is 0 Å². The number of fused-ring (bicyclic) bond motifs is 1. The number of rotatable bonds is 5. The van der Waals surface area contributed by atoms with Crippen LogP contribution in [0.15, 0.2) is 28.7 Å². The molecule has 5 heteroatoms. The maximum absolute atomic E-state index is 11.9. The van der Waals surface area contributed by atoms with E-state index in [4.69, 9.17) is 10.3 Å². The van der Waals surface area contributed by atoms with E-state index >= 15 is 0 Å². The maximum Gasteiger partial charge on any atom is 0.301 e. The molecule has 1 aliphatic rings. The molecular weight excluding hydrogens is 266 g/mol. The van der Waals surface area contributed by atoms with Gasteiger partial charge in [0.25, 0.3) is 0 Å². The van der Waals surface area contributed by atoms with Crippen LogP contribution < -0.4 is 11.3 Å². The number of carbonyl (C=O) groups excluding carboxylic acids is 1. The number of nitrogens with one attached hydrogen (secondary N) is 1. The zero-order chi connectivity index (χ0) is 15.0. The number of hydrogen-bond acceptors (Lipinski definition) is 4. The van der Waals surface area contributed by atoms with Gasteiger partial charge in [-0.3, -0.25) is 10.2 Å². The molecule has 3 N–H and O–H groups in total. The highest BCUT2D eigenvalue weighted by atomic mass is 16.3. The quantitative estimate of drug-likeness (QED) is 0.502. The van der Waals surface area contributed by atoms with E-state index in [1.54, 1.807) is 0 Å². The van der Waals surface area contributed by atoms with E-state index in [-0.39, 0.29) is 5.91 Å². The minimum Gasteiger partial charge on any atom is -0.451 e. The van der Waals surface area contributed by atoms with Gasteiger partial charge in [-0.05, 0) is 31.4 Å². The van der Waals surface area contributed by atoms with Gasteiger partial charge in [-0.15, -0.1) is 0 Å². The van der Waals surface area contributed by atoms with Gasteiger partial charge in [0, 0.05) is 24.0 Å². The van der Waals surface area contributed by atoms with E-state index in [0.717, 1.165) is 34.9 Å². The number of hydrazine groups is 1. The lowest BCUT2D eigenvalue weighted by Gasteiger charge is -2.16. The molecule has 0 bridgehead atoms. The summed E-state index contributed by atoms with van der Waals surface area (Å²) < 4.78 is 5.68. The number of nitrogens with zero attached hydrogens (tertiary/aromatic N) is 1. The molecule has 0 aliphatic heterocycles. The van der Waals surface area contributed by atoms with Gasteiger partial charge in [0.05, 0.1) is 0 Å². The third-order valence-electron chi connectivity index (χ3n) is 4.29. The first-order valence-electron chi connectivity index (χ1n) is 7.30. The van der Waals surface area contributed by atoms with Gasteiger partial charge in [0.1, 0.15) is 5.58 Å². The van der Waals surface area contributed by atoms with Crippen molar-refractivity contribution in [2.24, 2.45) is 17.7 Å². The Hall–Kier alpha value is -1.85. The third kappa shape index (κ3) is 2.80. The zero-order valence-electron chi connectivity index (χ0n) is 12.4. The Bertz CT molecular complexity index is 665. The molecular formula is C16H21N3O2. The molecule has 0 spiro atoms. The van der Waals surface area contributed by atoms with Gasteiger partial charge in [0.15, 0.2) is 5.76 Å². The second-order valence-electron chi connectivity index (χ2n) is 6.05. The molecule has 0 radical (unpaired) electrons. The molecule has 112 valence electrons. The maximum atomic E-state index is 11.9. The third-order valence-corrected chi connectivity index (χ3v) is 4.29. The first kappa shape index (κ1) is 14.1. The second-order valence-corrected chi connectivity index (χ2v) is 6.05. The summed E-state index contributed by atoms with van der Waals surface area (Å²) in [5.41, 5.74) is 3.79. The van der Waals surface area contributed by atoms with Gasteiger partial charge in [0.2, 0.25) is 0 Å². The van der Waals surface area contributed by atoms with Crippen LogP contribution in [0.25, 0.3) is 11.0 Å². The Balaban J connectivity index is 1.89. The molecule has 1 aromatic carbocycles. The fourth-order valence-electron chi connectivity index (χ4n) is 2.89. The summed E-state index contributed by atoms with van der Waals surface area (Å²) in [7, 11) is 2.08. The van der Waals surface area contributed by atoms with Crippen LogP contribution in [-0.4, -0.2) is 24.4 Å². The largest absolute Gasteiger partial charge is 0.451 e. The van der Waals surface area contributed by atoms with Crippen LogP contribution in [0.5, 0.6) is 0 Å². The van der Waals surface area contributed by atoms with Crippen LogP contribution in [0.2, 0.25) is 0 Å². The molecule has 1 heterocycles. The Morgan fingerprint density at radius 1 is 1.48 bits per heavy atom. The Morgan fingerprint density at radius 3 is 2.86 bits per heavy atom. The molecule has 1 amide bonds. The number of amides is 1. The van der Waals surface area contributed by atoms with Gasteiger partial charge < -0.3 is 9.32 Å². The molecule has 1 fully saturated rings. The second kappa shape index (κ2) is 5.50. The highest BCUT2D eigenvalue weighted by molar-refractivity contribution is 5.98. The molecule has 1 saturated carbocycles. The Labute approximate surface area is 124 Å². The number of carbonyl (C=O) groups is 1. The molecule has 2 unspecified atom stereocenters. The van der Waals surface area contributed by atoms with E-state index in [1.807, 2.05) is 24.3 Å². The lowest BCUT2D eigenvalue weighted by atomic mass is 10.1. The minimum absolute atomic E-state index is 0.314. The summed E-state index contributed by atoms with van der Waals surface area (Å²) in [4.78, 5) is 14.2. The van der Waals surface area contributed by atoms with Gasteiger partial charge in [-0.2, -0.15) is 0 Å². The molecule has 2 atom stereocenters. The van der Waals surface area contributed by atoms with Crippen molar-refractivity contribution in [2.45, 2.75) is 19.9 Å². The molecule has 1 aromatic heterocycles. The monoisotopic (exact) mass is 287 g/mol. The lowest BCUT2D eigenvalue weighted by molar-refractivity contribution is 0.0925. The minimum atomic E-state index is -0.380. The van der Waals surface area contributed by atoms with Crippen LogP contribution in [0.1, 0.15) is 29.5 Å². The highest BCUT2D eigenvalue weighted by Gasteiger charge is 2.33. The van der Waals surface area contributed by atoms with Crippen molar-refractivity contribution in [3.63, 3.8) is 0 Å².